The number of sulfone groups is 2. The summed E-state index contributed by atoms with van der Waals surface area (Å²) in [4.78, 5) is 21.4. The van der Waals surface area contributed by atoms with Gasteiger partial charge in [-0.15, -0.1) is 0 Å². The Labute approximate surface area is 186 Å². The third-order valence-corrected chi connectivity index (χ3v) is 7.81. The summed E-state index contributed by atoms with van der Waals surface area (Å²) >= 11 is 1.21. The number of amides is 1. The van der Waals surface area contributed by atoms with Crippen LogP contribution in [0.4, 0.5) is 5.13 Å². The number of hydrogen-bond acceptors (Lipinski definition) is 8. The number of rotatable bonds is 7. The van der Waals surface area contributed by atoms with Gasteiger partial charge in [0.15, 0.2) is 24.8 Å². The van der Waals surface area contributed by atoms with Gasteiger partial charge in [0.2, 0.25) is 0 Å². The van der Waals surface area contributed by atoms with Crippen molar-refractivity contribution in [2.45, 2.75) is 9.79 Å². The van der Waals surface area contributed by atoms with Crippen LogP contribution in [0.2, 0.25) is 0 Å². The Hall–Kier alpha value is -2.34. The molecule has 0 aliphatic heterocycles. The van der Waals surface area contributed by atoms with Crippen molar-refractivity contribution in [3.05, 3.63) is 48.0 Å². The highest BCUT2D eigenvalue weighted by Gasteiger charge is 2.24. The number of carbonyl (C=O) groups excluding carboxylic acids is 1. The van der Waals surface area contributed by atoms with Gasteiger partial charge in [0.05, 0.1) is 14.5 Å². The van der Waals surface area contributed by atoms with E-state index >= 15 is 0 Å². The van der Waals surface area contributed by atoms with Crippen LogP contribution in [0.1, 0.15) is 10.4 Å². The molecule has 1 heterocycles. The van der Waals surface area contributed by atoms with Gasteiger partial charge in [-0.1, -0.05) is 23.5 Å². The molecular weight excluding hydrogens is 458 g/mol. The molecule has 0 saturated carbocycles. The van der Waals surface area contributed by atoms with Gasteiger partial charge >= 0.3 is 0 Å². The normalized spacial score (nSPS) is 12.4. The fourth-order valence-corrected chi connectivity index (χ4v) is 5.51. The first-order valence-electron chi connectivity index (χ1n) is 9.24. The van der Waals surface area contributed by atoms with Crippen LogP contribution >= 0.6 is 11.3 Å². The van der Waals surface area contributed by atoms with E-state index in [0.717, 1.165) is 12.5 Å². The number of hydrogen-bond donors (Lipinski definition) is 0. The highest BCUT2D eigenvalue weighted by Crippen LogP contribution is 2.33. The zero-order valence-electron chi connectivity index (χ0n) is 17.6. The van der Waals surface area contributed by atoms with Crippen molar-refractivity contribution in [2.75, 3.05) is 44.6 Å². The van der Waals surface area contributed by atoms with E-state index in [1.165, 1.54) is 40.5 Å². The minimum Gasteiger partial charge on any atom is -0.308 e. The molecule has 1 amide bonds. The van der Waals surface area contributed by atoms with E-state index in [4.69, 9.17) is 0 Å². The third-order valence-electron chi connectivity index (χ3n) is 4.53. The number of anilines is 1. The van der Waals surface area contributed by atoms with Gasteiger partial charge in [0.25, 0.3) is 5.91 Å². The van der Waals surface area contributed by atoms with Gasteiger partial charge in [-0.05, 0) is 44.4 Å². The molecule has 31 heavy (non-hydrogen) atoms. The van der Waals surface area contributed by atoms with Gasteiger partial charge < -0.3 is 4.90 Å². The molecule has 2 aromatic carbocycles. The van der Waals surface area contributed by atoms with Gasteiger partial charge in [0, 0.05) is 31.2 Å². The summed E-state index contributed by atoms with van der Waals surface area (Å²) in [6, 6.07) is 10.7. The van der Waals surface area contributed by atoms with E-state index in [-0.39, 0.29) is 15.4 Å². The Morgan fingerprint density at radius 2 is 1.65 bits per heavy atom. The predicted molar refractivity (Wildman–Crippen MR) is 123 cm³/mol. The van der Waals surface area contributed by atoms with E-state index in [9.17, 15) is 21.6 Å². The molecule has 0 bridgehead atoms. The molecule has 0 radical (unpaired) electrons. The van der Waals surface area contributed by atoms with Gasteiger partial charge in [-0.3, -0.25) is 9.69 Å². The molecule has 8 nitrogen and oxygen atoms in total. The van der Waals surface area contributed by atoms with Crippen molar-refractivity contribution in [2.24, 2.45) is 0 Å². The largest absolute Gasteiger partial charge is 0.308 e. The maximum atomic E-state index is 13.4. The maximum absolute atomic E-state index is 13.4. The lowest BCUT2D eigenvalue weighted by Gasteiger charge is -2.22. The summed E-state index contributed by atoms with van der Waals surface area (Å²) in [6.07, 6.45) is 2.20. The first-order valence-corrected chi connectivity index (χ1v) is 13.8. The van der Waals surface area contributed by atoms with Crippen LogP contribution in [0, 0.1) is 0 Å². The molecule has 11 heteroatoms. The van der Waals surface area contributed by atoms with Crippen LogP contribution in [0.25, 0.3) is 10.2 Å². The van der Waals surface area contributed by atoms with Crippen molar-refractivity contribution in [1.29, 1.82) is 0 Å². The number of carbonyl (C=O) groups is 1. The summed E-state index contributed by atoms with van der Waals surface area (Å²) < 4.78 is 48.8. The monoisotopic (exact) mass is 481 g/mol. The van der Waals surface area contributed by atoms with Crippen LogP contribution < -0.4 is 4.90 Å². The maximum Gasteiger partial charge on any atom is 0.260 e. The Balaban J connectivity index is 2.11. The number of para-hydroxylation sites is 1. The molecule has 0 atom stereocenters. The molecular formula is C20H23N3O5S3. The van der Waals surface area contributed by atoms with Crippen molar-refractivity contribution >= 4 is 52.3 Å². The Morgan fingerprint density at radius 1 is 0.968 bits per heavy atom. The second kappa shape index (κ2) is 8.65. The first-order chi connectivity index (χ1) is 14.4. The number of likely N-dealkylation sites (N-methyl/N-ethyl adjacent to an activating group) is 1. The number of thiazole rings is 1. The van der Waals surface area contributed by atoms with Crippen molar-refractivity contribution in [3.63, 3.8) is 0 Å². The highest BCUT2D eigenvalue weighted by molar-refractivity contribution is 7.91. The molecule has 0 aliphatic carbocycles. The number of fused-ring (bicyclic) bond motifs is 1. The van der Waals surface area contributed by atoms with Gasteiger partial charge in [-0.25, -0.2) is 21.8 Å². The molecule has 0 fully saturated rings. The fourth-order valence-electron chi connectivity index (χ4n) is 2.93. The standard InChI is InChI=1S/C20H23N3O5S3/c1-22(2)11-12-23(19(24)14-7-5-8-15(13-14)30(3,25)26)20-21-18-16(29-20)9-6-10-17(18)31(4,27)28/h5-10,13H,11-12H2,1-4H3. The molecule has 0 aliphatic rings. The Kier molecular flexibility index (Phi) is 6.51. The zero-order chi connectivity index (χ0) is 23.0. The highest BCUT2D eigenvalue weighted by atomic mass is 32.2. The lowest BCUT2D eigenvalue weighted by Crippen LogP contribution is -2.36. The van der Waals surface area contributed by atoms with Gasteiger partial charge in [0.1, 0.15) is 5.52 Å². The molecule has 0 unspecified atom stereocenters. The molecule has 3 rings (SSSR count). The summed E-state index contributed by atoms with van der Waals surface area (Å²) in [6.45, 7) is 0.829. The number of benzene rings is 2. The van der Waals surface area contributed by atoms with E-state index < -0.39 is 25.6 Å². The Bertz CT molecular complexity index is 1350. The number of aromatic nitrogens is 1. The van der Waals surface area contributed by atoms with Crippen molar-refractivity contribution < 1.29 is 21.6 Å². The topological polar surface area (TPSA) is 105 Å². The summed E-state index contributed by atoms with van der Waals surface area (Å²) in [5.74, 6) is -0.410. The first kappa shape index (κ1) is 23.3. The molecule has 0 N–H and O–H groups in total. The summed E-state index contributed by atoms with van der Waals surface area (Å²) in [7, 11) is -3.24. The van der Waals surface area contributed by atoms with Crippen molar-refractivity contribution in [3.8, 4) is 0 Å². The van der Waals surface area contributed by atoms with E-state index in [1.54, 1.807) is 18.2 Å². The SMILES string of the molecule is CN(C)CCN(C(=O)c1cccc(S(C)(=O)=O)c1)c1nc2c(S(C)(=O)=O)cccc2s1. The van der Waals surface area contributed by atoms with Crippen LogP contribution in [0.3, 0.4) is 0 Å². The minimum atomic E-state index is -3.50. The smallest absolute Gasteiger partial charge is 0.260 e. The minimum absolute atomic E-state index is 0.0505. The van der Waals surface area contributed by atoms with Crippen LogP contribution in [-0.2, 0) is 19.7 Å². The molecule has 0 spiro atoms. The van der Waals surface area contributed by atoms with Crippen LogP contribution in [0.15, 0.2) is 52.3 Å². The van der Waals surface area contributed by atoms with Crippen LogP contribution in [-0.4, -0.2) is 72.3 Å². The van der Waals surface area contributed by atoms with E-state index in [0.29, 0.717) is 28.4 Å². The van der Waals surface area contributed by atoms with E-state index in [1.807, 2.05) is 19.0 Å². The molecule has 0 saturated heterocycles. The molecule has 1 aromatic heterocycles. The molecule has 3 aromatic rings. The second-order valence-electron chi connectivity index (χ2n) is 7.43. The van der Waals surface area contributed by atoms with Crippen LogP contribution in [0.5, 0.6) is 0 Å². The second-order valence-corrected chi connectivity index (χ2v) is 12.4. The lowest BCUT2D eigenvalue weighted by molar-refractivity contribution is 0.0985. The average Bonchev–Trinajstić information content (AvgIpc) is 3.10. The summed E-state index contributed by atoms with van der Waals surface area (Å²) in [5.41, 5.74) is 0.529. The summed E-state index contributed by atoms with van der Waals surface area (Å²) in [5, 5.41) is 0.350. The zero-order valence-corrected chi connectivity index (χ0v) is 20.0. The fraction of sp³-hybridized carbons (Fsp3) is 0.300. The average molecular weight is 482 g/mol. The lowest BCUT2D eigenvalue weighted by atomic mass is 10.2. The third kappa shape index (κ3) is 5.29. The van der Waals surface area contributed by atoms with E-state index in [2.05, 4.69) is 4.98 Å². The number of nitrogens with zero attached hydrogens (tertiary/aromatic N) is 3. The van der Waals surface area contributed by atoms with Gasteiger partial charge in [-0.2, -0.15) is 0 Å². The Morgan fingerprint density at radius 3 is 2.26 bits per heavy atom. The quantitative estimate of drug-likeness (QED) is 0.510. The van der Waals surface area contributed by atoms with Crippen molar-refractivity contribution in [1.82, 2.24) is 9.88 Å². The molecule has 166 valence electrons. The predicted octanol–water partition coefficient (Wildman–Crippen LogP) is 2.31.